The molecule has 0 amide bonds. The van der Waals surface area contributed by atoms with Crippen LogP contribution < -0.4 is 9.62 Å². The van der Waals surface area contributed by atoms with Crippen molar-refractivity contribution in [2.75, 3.05) is 23.7 Å². The van der Waals surface area contributed by atoms with E-state index in [2.05, 4.69) is 4.72 Å². The van der Waals surface area contributed by atoms with Gasteiger partial charge in [-0.05, 0) is 36.4 Å². The van der Waals surface area contributed by atoms with Crippen molar-refractivity contribution in [3.8, 4) is 0 Å². The number of carboxylic acids is 1. The van der Waals surface area contributed by atoms with Gasteiger partial charge in [0.2, 0.25) is 0 Å². The minimum absolute atomic E-state index is 0.0114. The number of hydrogen-bond acceptors (Lipinski definition) is 4. The maximum absolute atomic E-state index is 13.2. The maximum atomic E-state index is 13.2. The van der Waals surface area contributed by atoms with Crippen LogP contribution in [0.25, 0.3) is 0 Å². The molecule has 6 nitrogen and oxygen atoms in total. The molecule has 0 fully saturated rings. The number of hydrogen-bond donors (Lipinski definition) is 2. The predicted octanol–water partition coefficient (Wildman–Crippen LogP) is 2.53. The number of carbonyl (C=O) groups is 1. The molecule has 9 heteroatoms. The summed E-state index contributed by atoms with van der Waals surface area (Å²) in [6.45, 7) is 0. The van der Waals surface area contributed by atoms with Gasteiger partial charge in [-0.2, -0.15) is 0 Å². The minimum Gasteiger partial charge on any atom is -0.478 e. The first-order valence-electron chi connectivity index (χ1n) is 6.64. The predicted molar refractivity (Wildman–Crippen MR) is 84.9 cm³/mol. The average molecular weight is 356 g/mol. The zero-order valence-corrected chi connectivity index (χ0v) is 13.6. The van der Waals surface area contributed by atoms with Crippen LogP contribution in [-0.2, 0) is 10.0 Å². The molecule has 0 bridgehead atoms. The Morgan fingerprint density at radius 3 is 2.29 bits per heavy atom. The smallest absolute Gasteiger partial charge is 0.337 e. The van der Waals surface area contributed by atoms with Crippen LogP contribution >= 0.6 is 0 Å². The van der Waals surface area contributed by atoms with Crippen LogP contribution in [0.5, 0.6) is 0 Å². The second-order valence-corrected chi connectivity index (χ2v) is 6.80. The molecule has 2 N–H and O–H groups in total. The number of sulfonamides is 1. The van der Waals surface area contributed by atoms with Gasteiger partial charge in [0.15, 0.2) is 11.6 Å². The Morgan fingerprint density at radius 1 is 1.08 bits per heavy atom. The lowest BCUT2D eigenvalue weighted by Gasteiger charge is -2.17. The van der Waals surface area contributed by atoms with Gasteiger partial charge in [-0.1, -0.05) is 0 Å². The fourth-order valence-corrected chi connectivity index (χ4v) is 3.08. The summed E-state index contributed by atoms with van der Waals surface area (Å²) in [6.07, 6.45) is 0. The normalized spacial score (nSPS) is 11.2. The van der Waals surface area contributed by atoms with Gasteiger partial charge >= 0.3 is 5.97 Å². The van der Waals surface area contributed by atoms with E-state index in [9.17, 15) is 27.1 Å². The molecule has 0 atom stereocenters. The molecule has 0 heterocycles. The molecule has 0 aromatic heterocycles. The highest BCUT2D eigenvalue weighted by atomic mass is 32.2. The fourth-order valence-electron chi connectivity index (χ4n) is 2.02. The topological polar surface area (TPSA) is 86.7 Å². The lowest BCUT2D eigenvalue weighted by molar-refractivity contribution is 0.0697. The number of anilines is 2. The molecule has 0 saturated carbocycles. The van der Waals surface area contributed by atoms with Gasteiger partial charge < -0.3 is 10.0 Å². The van der Waals surface area contributed by atoms with Gasteiger partial charge in [-0.25, -0.2) is 22.0 Å². The molecule has 0 spiro atoms. The summed E-state index contributed by atoms with van der Waals surface area (Å²) in [5.41, 5.74) is 0.270. The molecular formula is C15H14F2N2O4S. The first kappa shape index (κ1) is 17.7. The summed E-state index contributed by atoms with van der Waals surface area (Å²) in [7, 11) is -0.900. The molecule has 0 aliphatic carbocycles. The monoisotopic (exact) mass is 356 g/mol. The van der Waals surface area contributed by atoms with E-state index in [-0.39, 0.29) is 11.3 Å². The van der Waals surface area contributed by atoms with Gasteiger partial charge in [0, 0.05) is 19.8 Å². The quantitative estimate of drug-likeness (QED) is 0.860. The zero-order valence-electron chi connectivity index (χ0n) is 12.7. The van der Waals surface area contributed by atoms with E-state index >= 15 is 0 Å². The lowest BCUT2D eigenvalue weighted by atomic mass is 10.1. The van der Waals surface area contributed by atoms with E-state index in [0.717, 1.165) is 12.1 Å². The second-order valence-electron chi connectivity index (χ2n) is 5.11. The summed E-state index contributed by atoms with van der Waals surface area (Å²) in [4.78, 5) is 12.4. The number of nitrogens with zero attached hydrogens (tertiary/aromatic N) is 1. The number of carboxylic acid groups (broad SMARTS) is 1. The summed E-state index contributed by atoms with van der Waals surface area (Å²) in [5, 5.41) is 9.23. The van der Waals surface area contributed by atoms with Crippen LogP contribution in [0.2, 0.25) is 0 Å². The number of benzene rings is 2. The van der Waals surface area contributed by atoms with Crippen molar-refractivity contribution >= 4 is 27.4 Å². The Balaban J connectivity index is 2.41. The first-order valence-corrected chi connectivity index (χ1v) is 8.12. The van der Waals surface area contributed by atoms with E-state index in [1.54, 1.807) is 19.0 Å². The molecule has 2 rings (SSSR count). The summed E-state index contributed by atoms with van der Waals surface area (Å²) < 4.78 is 52.7. The van der Waals surface area contributed by atoms with Crippen molar-refractivity contribution in [2.45, 2.75) is 4.90 Å². The number of nitrogens with one attached hydrogen (secondary N) is 1. The molecule has 128 valence electrons. The van der Waals surface area contributed by atoms with Crippen molar-refractivity contribution in [3.05, 3.63) is 53.6 Å². The van der Waals surface area contributed by atoms with Crippen molar-refractivity contribution in [2.24, 2.45) is 0 Å². The largest absolute Gasteiger partial charge is 0.478 e. The van der Waals surface area contributed by atoms with Crippen LogP contribution in [0.4, 0.5) is 20.2 Å². The third kappa shape index (κ3) is 3.62. The van der Waals surface area contributed by atoms with Gasteiger partial charge in [-0.15, -0.1) is 0 Å². The van der Waals surface area contributed by atoms with Gasteiger partial charge in [0.05, 0.1) is 16.1 Å². The Morgan fingerprint density at radius 2 is 1.75 bits per heavy atom. The Bertz CT molecular complexity index is 898. The van der Waals surface area contributed by atoms with Crippen molar-refractivity contribution in [1.29, 1.82) is 0 Å². The molecular weight excluding hydrogens is 342 g/mol. The summed E-state index contributed by atoms with van der Waals surface area (Å²) in [5.74, 6) is -3.70. The Labute approximate surface area is 137 Å². The Kier molecular flexibility index (Phi) is 4.74. The van der Waals surface area contributed by atoms with Crippen LogP contribution in [0.3, 0.4) is 0 Å². The van der Waals surface area contributed by atoms with Crippen LogP contribution in [0.1, 0.15) is 10.4 Å². The van der Waals surface area contributed by atoms with E-state index in [0.29, 0.717) is 17.8 Å². The highest BCUT2D eigenvalue weighted by molar-refractivity contribution is 7.92. The van der Waals surface area contributed by atoms with E-state index in [1.807, 2.05) is 0 Å². The highest BCUT2D eigenvalue weighted by Crippen LogP contribution is 2.25. The fraction of sp³-hybridized carbons (Fsp3) is 0.133. The van der Waals surface area contributed by atoms with Gasteiger partial charge in [-0.3, -0.25) is 4.72 Å². The molecule has 2 aromatic carbocycles. The van der Waals surface area contributed by atoms with Crippen molar-refractivity contribution < 1.29 is 27.1 Å². The van der Waals surface area contributed by atoms with Gasteiger partial charge in [0.25, 0.3) is 10.0 Å². The van der Waals surface area contributed by atoms with E-state index in [1.165, 1.54) is 12.1 Å². The standard InChI is InChI=1S/C15H14F2N2O4S/c1-19(2)14-6-3-9(7-11(14)15(20)21)18-24(22,23)10-4-5-12(16)13(17)8-10/h3-8,18H,1-2H3,(H,20,21). The number of aromatic carboxylic acids is 1. The van der Waals surface area contributed by atoms with Crippen molar-refractivity contribution in [3.63, 3.8) is 0 Å². The Hall–Kier alpha value is -2.68. The molecule has 0 unspecified atom stereocenters. The number of rotatable bonds is 5. The highest BCUT2D eigenvalue weighted by Gasteiger charge is 2.19. The number of halogens is 2. The van der Waals surface area contributed by atoms with E-state index < -0.39 is 32.5 Å². The van der Waals surface area contributed by atoms with Gasteiger partial charge in [0.1, 0.15) is 0 Å². The van der Waals surface area contributed by atoms with Crippen LogP contribution in [-0.4, -0.2) is 33.6 Å². The van der Waals surface area contributed by atoms with Crippen molar-refractivity contribution in [1.82, 2.24) is 0 Å². The average Bonchev–Trinajstić information content (AvgIpc) is 2.49. The third-order valence-corrected chi connectivity index (χ3v) is 4.54. The molecule has 0 aliphatic heterocycles. The summed E-state index contributed by atoms with van der Waals surface area (Å²) >= 11 is 0. The molecule has 2 aromatic rings. The maximum Gasteiger partial charge on any atom is 0.337 e. The molecule has 0 radical (unpaired) electrons. The van der Waals surface area contributed by atoms with Crippen LogP contribution in [0.15, 0.2) is 41.3 Å². The third-order valence-electron chi connectivity index (χ3n) is 3.16. The lowest BCUT2D eigenvalue weighted by Crippen LogP contribution is -2.16. The SMILES string of the molecule is CN(C)c1ccc(NS(=O)(=O)c2ccc(F)c(F)c2)cc1C(=O)O. The molecule has 24 heavy (non-hydrogen) atoms. The van der Waals surface area contributed by atoms with Crippen LogP contribution in [0, 0.1) is 11.6 Å². The molecule has 0 aliphatic rings. The second kappa shape index (κ2) is 6.44. The molecule has 0 saturated heterocycles. The minimum atomic E-state index is -4.19. The van der Waals surface area contributed by atoms with E-state index in [4.69, 9.17) is 0 Å². The zero-order chi connectivity index (χ0) is 18.1. The first-order chi connectivity index (χ1) is 11.1. The summed E-state index contributed by atoms with van der Waals surface area (Å²) in [6, 6.07) is 6.11.